The molecule has 8 heterocycles. The van der Waals surface area contributed by atoms with E-state index in [9.17, 15) is 15.3 Å². The number of hydrogen-bond donors (Lipinski definition) is 1. The van der Waals surface area contributed by atoms with Gasteiger partial charge in [0.25, 0.3) is 0 Å². The number of rotatable bonds is 4. The first kappa shape index (κ1) is 46.8. The van der Waals surface area contributed by atoms with E-state index in [2.05, 4.69) is 122 Å². The van der Waals surface area contributed by atoms with Gasteiger partial charge in [0.1, 0.15) is 17.7 Å². The van der Waals surface area contributed by atoms with Gasteiger partial charge < -0.3 is 24.8 Å². The van der Waals surface area contributed by atoms with Crippen LogP contribution in [0.15, 0.2) is 97.3 Å². The molecule has 4 saturated heterocycles. The van der Waals surface area contributed by atoms with Crippen LogP contribution in [0.3, 0.4) is 0 Å². The third-order valence-corrected chi connectivity index (χ3v) is 16.3. The molecule has 12 rings (SSSR count). The second-order valence-corrected chi connectivity index (χ2v) is 21.9. The van der Waals surface area contributed by atoms with Crippen LogP contribution < -0.4 is 15.1 Å². The number of hydrogen-bond acceptors (Lipinski definition) is 11. The van der Waals surface area contributed by atoms with Gasteiger partial charge in [-0.25, -0.2) is 4.79 Å². The summed E-state index contributed by atoms with van der Waals surface area (Å²) in [4.78, 5) is 33.7. The first-order valence-electron chi connectivity index (χ1n) is 26.0. The number of carbonyl (C=O) groups is 1. The van der Waals surface area contributed by atoms with Gasteiger partial charge >= 0.3 is 6.09 Å². The van der Waals surface area contributed by atoms with Gasteiger partial charge in [-0.3, -0.25) is 19.8 Å². The standard InChI is InChI=1S/C32H37N5O2.C27H29N5/c1-21-18-36(28-10-8-24(17-33)30-27(28)6-5-13-34-30)20-29-26-9-7-23(16-25(26)19-37(21)29)22-11-14-35(15-12-22)31(38)39-32(2,3)4;1-18-15-31(25-7-5-21(14-28)27-24(25)3-2-10-30-27)17-26-23-6-4-20(13-22(23)16-32(18)26)19-8-11-29-12-9-19/h5-10,13,16,21-22,29H,11-12,14-15,18-20H2,1-4H3;2-7,10,13,18-19,26,29H,8-9,11-12,15-17H2,1H3/t21-,29-;18-,26-/m11/s1. The highest BCUT2D eigenvalue weighted by molar-refractivity contribution is 5.96. The largest absolute Gasteiger partial charge is 0.444 e. The lowest BCUT2D eigenvalue weighted by molar-refractivity contribution is 0.0204. The summed E-state index contributed by atoms with van der Waals surface area (Å²) in [6, 6.07) is 36.8. The number of carbonyl (C=O) groups excluding carboxylic acids is 1. The van der Waals surface area contributed by atoms with E-state index in [1.54, 1.807) is 12.4 Å². The van der Waals surface area contributed by atoms with Crippen molar-refractivity contribution in [3.8, 4) is 12.1 Å². The Balaban J connectivity index is 0.000000157. The zero-order chi connectivity index (χ0) is 49.0. The molecule has 1 N–H and O–H groups in total. The van der Waals surface area contributed by atoms with Crippen LogP contribution in [-0.2, 0) is 17.8 Å². The lowest BCUT2D eigenvalue weighted by Crippen LogP contribution is -2.51. The molecule has 4 fully saturated rings. The number of aromatic nitrogens is 2. The Kier molecular flexibility index (Phi) is 12.7. The van der Waals surface area contributed by atoms with E-state index < -0.39 is 5.60 Å². The summed E-state index contributed by atoms with van der Waals surface area (Å²) in [5, 5.41) is 24.7. The molecule has 0 bridgehead atoms. The van der Waals surface area contributed by atoms with Crippen molar-refractivity contribution in [2.24, 2.45) is 0 Å². The van der Waals surface area contributed by atoms with Crippen molar-refractivity contribution in [1.82, 2.24) is 30.0 Å². The first-order chi connectivity index (χ1) is 34.4. The third-order valence-electron chi connectivity index (χ3n) is 16.3. The molecule has 0 radical (unpaired) electrons. The fraction of sp³-hybridized carbons (Fsp3) is 0.441. The van der Waals surface area contributed by atoms with Crippen molar-refractivity contribution < 1.29 is 9.53 Å². The summed E-state index contributed by atoms with van der Waals surface area (Å²) >= 11 is 0. The lowest BCUT2D eigenvalue weighted by atomic mass is 9.87. The fourth-order valence-electron chi connectivity index (χ4n) is 12.7. The molecule has 0 aliphatic carbocycles. The van der Waals surface area contributed by atoms with Crippen LogP contribution in [0.2, 0.25) is 0 Å². The maximum absolute atomic E-state index is 12.5. The van der Waals surface area contributed by atoms with Crippen LogP contribution in [0.5, 0.6) is 0 Å². The number of amides is 1. The Morgan fingerprint density at radius 3 is 1.59 bits per heavy atom. The summed E-state index contributed by atoms with van der Waals surface area (Å²) in [7, 11) is 0. The van der Waals surface area contributed by atoms with Gasteiger partial charge in [0, 0.05) is 99.0 Å². The Morgan fingerprint density at radius 1 is 0.648 bits per heavy atom. The number of piperazine rings is 2. The molecule has 1 amide bonds. The van der Waals surface area contributed by atoms with Gasteiger partial charge in [-0.1, -0.05) is 36.4 Å². The maximum Gasteiger partial charge on any atom is 0.410 e. The summed E-state index contributed by atoms with van der Waals surface area (Å²) in [6.07, 6.45) is 7.77. The third kappa shape index (κ3) is 9.07. The van der Waals surface area contributed by atoms with Gasteiger partial charge in [0.15, 0.2) is 0 Å². The predicted octanol–water partition coefficient (Wildman–Crippen LogP) is 10.3. The van der Waals surface area contributed by atoms with Gasteiger partial charge in [-0.2, -0.15) is 10.5 Å². The summed E-state index contributed by atoms with van der Waals surface area (Å²) < 4.78 is 5.58. The molecule has 12 nitrogen and oxygen atoms in total. The second-order valence-electron chi connectivity index (χ2n) is 21.9. The highest BCUT2D eigenvalue weighted by atomic mass is 16.6. The maximum atomic E-state index is 12.5. The molecular weight excluding hydrogens is 881 g/mol. The van der Waals surface area contributed by atoms with Crippen molar-refractivity contribution in [2.45, 2.75) is 115 Å². The number of piperidine rings is 2. The number of benzene rings is 4. The van der Waals surface area contributed by atoms with Gasteiger partial charge in [-0.05, 0) is 167 Å². The molecule has 6 aliphatic heterocycles. The molecule has 6 aliphatic rings. The van der Waals surface area contributed by atoms with Crippen LogP contribution in [-0.4, -0.2) is 101 Å². The smallest absolute Gasteiger partial charge is 0.410 e. The van der Waals surface area contributed by atoms with E-state index in [1.807, 2.05) is 49.9 Å². The molecule has 364 valence electrons. The average molecular weight is 947 g/mol. The Morgan fingerprint density at radius 2 is 1.13 bits per heavy atom. The quantitative estimate of drug-likeness (QED) is 0.181. The highest BCUT2D eigenvalue weighted by Crippen LogP contribution is 2.45. The molecule has 2 aromatic heterocycles. The molecule has 0 unspecified atom stereocenters. The summed E-state index contributed by atoms with van der Waals surface area (Å²) in [5.41, 5.74) is 13.5. The molecule has 0 saturated carbocycles. The van der Waals surface area contributed by atoms with E-state index >= 15 is 0 Å². The Labute approximate surface area is 418 Å². The first-order valence-corrected chi connectivity index (χ1v) is 26.0. The van der Waals surface area contributed by atoms with Crippen LogP contribution in [0.25, 0.3) is 21.8 Å². The van der Waals surface area contributed by atoms with E-state index in [0.717, 1.165) is 106 Å². The number of likely N-dealkylation sites (tertiary alicyclic amines) is 1. The van der Waals surface area contributed by atoms with Gasteiger partial charge in [-0.15, -0.1) is 0 Å². The van der Waals surface area contributed by atoms with E-state index in [0.29, 0.717) is 47.1 Å². The van der Waals surface area contributed by atoms with Crippen molar-refractivity contribution in [3.63, 3.8) is 0 Å². The zero-order valence-corrected chi connectivity index (χ0v) is 41.9. The number of fused-ring (bicyclic) bond motifs is 8. The summed E-state index contributed by atoms with van der Waals surface area (Å²) in [6.45, 7) is 20.0. The number of ether oxygens (including phenoxy) is 1. The number of nitriles is 2. The van der Waals surface area contributed by atoms with Crippen LogP contribution in [0.4, 0.5) is 16.2 Å². The minimum Gasteiger partial charge on any atom is -0.444 e. The number of nitrogens with zero attached hydrogens (tertiary/aromatic N) is 9. The minimum absolute atomic E-state index is 0.198. The SMILES string of the molecule is C[C@@H]1CN(c2ccc(C#N)c3ncccc23)C[C@@H]2c3ccc(C4CCN(C(=O)OC(C)(C)C)CC4)cc3CN12.C[C@@H]1CN(c2ccc(C#N)c3ncccc23)C[C@@H]2c3ccc(C4CCNCC4)cc3CN12. The molecule has 71 heavy (non-hydrogen) atoms. The molecular formula is C59H66N10O2. The Bertz CT molecular complexity index is 3070. The number of pyridine rings is 2. The van der Waals surface area contributed by atoms with Gasteiger partial charge in [0.2, 0.25) is 0 Å². The van der Waals surface area contributed by atoms with Crippen molar-refractivity contribution in [2.75, 3.05) is 62.2 Å². The van der Waals surface area contributed by atoms with Crippen LogP contribution >= 0.6 is 0 Å². The number of nitrogens with one attached hydrogen (secondary N) is 1. The van der Waals surface area contributed by atoms with Crippen LogP contribution in [0.1, 0.15) is 129 Å². The molecule has 4 aromatic carbocycles. The fourth-order valence-corrected chi connectivity index (χ4v) is 12.7. The second kappa shape index (κ2) is 19.2. The zero-order valence-electron chi connectivity index (χ0n) is 41.9. The van der Waals surface area contributed by atoms with E-state index in [4.69, 9.17) is 4.74 Å². The molecule has 6 aromatic rings. The topological polar surface area (TPSA) is 128 Å². The lowest BCUT2D eigenvalue weighted by Gasteiger charge is -2.44. The van der Waals surface area contributed by atoms with E-state index in [1.165, 1.54) is 51.9 Å². The average Bonchev–Trinajstić information content (AvgIpc) is 3.96. The molecule has 4 atom stereocenters. The number of anilines is 2. The summed E-state index contributed by atoms with van der Waals surface area (Å²) in [5.74, 6) is 1.17. The Hall–Kier alpha value is -6.57. The minimum atomic E-state index is -0.461. The predicted molar refractivity (Wildman–Crippen MR) is 280 cm³/mol. The molecule has 0 spiro atoms. The normalized spacial score (nSPS) is 22.7. The van der Waals surface area contributed by atoms with Crippen molar-refractivity contribution >= 4 is 39.3 Å². The molecule has 12 heteroatoms. The van der Waals surface area contributed by atoms with E-state index in [-0.39, 0.29) is 6.09 Å². The van der Waals surface area contributed by atoms with Crippen molar-refractivity contribution in [3.05, 3.63) is 142 Å². The van der Waals surface area contributed by atoms with Gasteiger partial charge in [0.05, 0.1) is 34.2 Å². The highest BCUT2D eigenvalue weighted by Gasteiger charge is 2.41. The monoisotopic (exact) mass is 947 g/mol. The van der Waals surface area contributed by atoms with Crippen molar-refractivity contribution in [1.29, 1.82) is 10.5 Å². The van der Waals surface area contributed by atoms with Crippen LogP contribution in [0, 0.1) is 22.7 Å².